The van der Waals surface area contributed by atoms with Crippen molar-refractivity contribution in [3.05, 3.63) is 29.3 Å². The van der Waals surface area contributed by atoms with Crippen LogP contribution in [0.15, 0.2) is 18.2 Å². The summed E-state index contributed by atoms with van der Waals surface area (Å²) in [5.41, 5.74) is 9.19. The van der Waals surface area contributed by atoms with Crippen molar-refractivity contribution in [3.63, 3.8) is 0 Å². The van der Waals surface area contributed by atoms with Crippen LogP contribution in [0.4, 0.5) is 0 Å². The van der Waals surface area contributed by atoms with Crippen molar-refractivity contribution in [2.45, 2.75) is 53.5 Å². The largest absolute Gasteiger partial charge is 0.497 e. The van der Waals surface area contributed by atoms with Crippen LogP contribution in [0.5, 0.6) is 5.75 Å². The zero-order valence-electron chi connectivity index (χ0n) is 13.3. The van der Waals surface area contributed by atoms with Gasteiger partial charge in [-0.3, -0.25) is 0 Å². The first kappa shape index (κ1) is 16.0. The molecule has 2 nitrogen and oxygen atoms in total. The maximum absolute atomic E-state index is 6.37. The van der Waals surface area contributed by atoms with Crippen molar-refractivity contribution in [2.75, 3.05) is 7.11 Å². The molecule has 0 aliphatic rings. The van der Waals surface area contributed by atoms with Gasteiger partial charge < -0.3 is 10.5 Å². The minimum absolute atomic E-state index is 0.114. The smallest absolute Gasteiger partial charge is 0.119 e. The van der Waals surface area contributed by atoms with E-state index in [2.05, 4.69) is 46.8 Å². The lowest BCUT2D eigenvalue weighted by Crippen LogP contribution is -2.18. The third-order valence-electron chi connectivity index (χ3n) is 3.49. The van der Waals surface area contributed by atoms with E-state index in [1.54, 1.807) is 7.11 Å². The van der Waals surface area contributed by atoms with Gasteiger partial charge in [-0.05, 0) is 54.4 Å². The molecule has 0 aromatic heterocycles. The third-order valence-corrected chi connectivity index (χ3v) is 3.49. The van der Waals surface area contributed by atoms with Crippen LogP contribution < -0.4 is 10.5 Å². The minimum Gasteiger partial charge on any atom is -0.497 e. The average molecular weight is 263 g/mol. The second kappa shape index (κ2) is 6.42. The van der Waals surface area contributed by atoms with Crippen molar-refractivity contribution in [1.82, 2.24) is 0 Å². The van der Waals surface area contributed by atoms with E-state index in [1.807, 2.05) is 6.07 Å². The lowest BCUT2D eigenvalue weighted by molar-refractivity contribution is 0.286. The van der Waals surface area contributed by atoms with E-state index in [-0.39, 0.29) is 6.04 Å². The van der Waals surface area contributed by atoms with Crippen LogP contribution in [-0.2, 0) is 0 Å². The number of benzene rings is 1. The summed E-state index contributed by atoms with van der Waals surface area (Å²) in [7, 11) is 1.69. The van der Waals surface area contributed by atoms with Crippen LogP contribution in [-0.4, -0.2) is 7.11 Å². The Bertz CT molecular complexity index is 406. The van der Waals surface area contributed by atoms with E-state index in [1.165, 1.54) is 17.5 Å². The van der Waals surface area contributed by atoms with Crippen molar-refractivity contribution in [2.24, 2.45) is 17.1 Å². The van der Waals surface area contributed by atoms with Crippen LogP contribution >= 0.6 is 0 Å². The topological polar surface area (TPSA) is 35.2 Å². The molecule has 1 aromatic rings. The Labute approximate surface area is 118 Å². The van der Waals surface area contributed by atoms with Gasteiger partial charge in [-0.25, -0.2) is 0 Å². The van der Waals surface area contributed by atoms with Gasteiger partial charge in [0.25, 0.3) is 0 Å². The van der Waals surface area contributed by atoms with Crippen LogP contribution in [0.25, 0.3) is 0 Å². The number of nitrogens with two attached hydrogens (primary N) is 1. The summed E-state index contributed by atoms with van der Waals surface area (Å²) in [5, 5.41) is 0. The molecule has 2 atom stereocenters. The lowest BCUT2D eigenvalue weighted by Gasteiger charge is -2.26. The van der Waals surface area contributed by atoms with E-state index in [9.17, 15) is 0 Å². The molecule has 0 radical (unpaired) electrons. The Balaban J connectivity index is 2.70. The molecule has 2 N–H and O–H groups in total. The van der Waals surface area contributed by atoms with Gasteiger partial charge in [0.05, 0.1) is 7.11 Å². The number of hydrogen-bond acceptors (Lipinski definition) is 2. The summed E-state index contributed by atoms with van der Waals surface area (Å²) in [4.78, 5) is 0. The van der Waals surface area contributed by atoms with Gasteiger partial charge >= 0.3 is 0 Å². The Morgan fingerprint density at radius 2 is 1.89 bits per heavy atom. The van der Waals surface area contributed by atoms with Crippen LogP contribution in [0.3, 0.4) is 0 Å². The molecule has 1 aromatic carbocycles. The van der Waals surface area contributed by atoms with Gasteiger partial charge in [0, 0.05) is 6.04 Å². The van der Waals surface area contributed by atoms with E-state index < -0.39 is 0 Å². The maximum atomic E-state index is 6.37. The standard InChI is InChI=1S/C17H29NO/c1-12(11-17(3,4)5)9-16(18)15-8-7-14(19-6)10-13(15)2/h7-8,10,12,16H,9,11,18H2,1-6H3. The highest BCUT2D eigenvalue weighted by atomic mass is 16.5. The fraction of sp³-hybridized carbons (Fsp3) is 0.647. The molecule has 2 unspecified atom stereocenters. The van der Waals surface area contributed by atoms with Crippen LogP contribution in [0.2, 0.25) is 0 Å². The van der Waals surface area contributed by atoms with Crippen LogP contribution in [0, 0.1) is 18.3 Å². The predicted molar refractivity (Wildman–Crippen MR) is 82.5 cm³/mol. The Morgan fingerprint density at radius 1 is 1.26 bits per heavy atom. The highest BCUT2D eigenvalue weighted by Crippen LogP contribution is 2.31. The van der Waals surface area contributed by atoms with Crippen molar-refractivity contribution in [1.29, 1.82) is 0 Å². The van der Waals surface area contributed by atoms with Gasteiger partial charge in [0.1, 0.15) is 5.75 Å². The molecule has 0 bridgehead atoms. The molecular formula is C17H29NO. The summed E-state index contributed by atoms with van der Waals surface area (Å²) in [5.74, 6) is 1.53. The molecule has 1 rings (SSSR count). The molecule has 108 valence electrons. The molecule has 0 spiro atoms. The van der Waals surface area contributed by atoms with Crippen molar-refractivity contribution in [3.8, 4) is 5.75 Å². The van der Waals surface area contributed by atoms with Crippen molar-refractivity contribution < 1.29 is 4.74 Å². The van der Waals surface area contributed by atoms with Gasteiger partial charge in [-0.2, -0.15) is 0 Å². The number of methoxy groups -OCH3 is 1. The Hall–Kier alpha value is -1.02. The molecule has 0 saturated heterocycles. The second-order valence-corrected chi connectivity index (χ2v) is 6.93. The van der Waals surface area contributed by atoms with Crippen molar-refractivity contribution >= 4 is 0 Å². The maximum Gasteiger partial charge on any atom is 0.119 e. The first-order chi connectivity index (χ1) is 8.73. The highest BCUT2D eigenvalue weighted by Gasteiger charge is 2.19. The third kappa shape index (κ3) is 5.23. The summed E-state index contributed by atoms with van der Waals surface area (Å²) in [6.07, 6.45) is 2.24. The summed E-state index contributed by atoms with van der Waals surface area (Å²) in [6, 6.07) is 6.27. The first-order valence-corrected chi connectivity index (χ1v) is 7.13. The van der Waals surface area contributed by atoms with E-state index in [0.717, 1.165) is 12.2 Å². The SMILES string of the molecule is COc1ccc(C(N)CC(C)CC(C)(C)C)c(C)c1. The van der Waals surface area contributed by atoms with Gasteiger partial charge in [0.2, 0.25) is 0 Å². The highest BCUT2D eigenvalue weighted by molar-refractivity contribution is 5.36. The summed E-state index contributed by atoms with van der Waals surface area (Å²) in [6.45, 7) is 11.3. The zero-order chi connectivity index (χ0) is 14.6. The van der Waals surface area contributed by atoms with Gasteiger partial charge in [-0.1, -0.05) is 33.8 Å². The monoisotopic (exact) mass is 263 g/mol. The average Bonchev–Trinajstić information content (AvgIpc) is 2.25. The van der Waals surface area contributed by atoms with E-state index in [0.29, 0.717) is 11.3 Å². The molecule has 19 heavy (non-hydrogen) atoms. The Morgan fingerprint density at radius 3 is 2.37 bits per heavy atom. The molecule has 0 heterocycles. The number of rotatable bonds is 5. The molecule has 2 heteroatoms. The fourth-order valence-corrected chi connectivity index (χ4v) is 2.88. The number of aryl methyl sites for hydroxylation is 1. The quantitative estimate of drug-likeness (QED) is 0.851. The Kier molecular flexibility index (Phi) is 5.42. The summed E-state index contributed by atoms with van der Waals surface area (Å²) < 4.78 is 5.24. The van der Waals surface area contributed by atoms with E-state index in [4.69, 9.17) is 10.5 Å². The normalized spacial score (nSPS) is 15.1. The molecule has 0 aliphatic carbocycles. The summed E-state index contributed by atoms with van der Waals surface area (Å²) >= 11 is 0. The molecular weight excluding hydrogens is 234 g/mol. The number of ether oxygens (including phenoxy) is 1. The second-order valence-electron chi connectivity index (χ2n) is 6.93. The van der Waals surface area contributed by atoms with E-state index >= 15 is 0 Å². The minimum atomic E-state index is 0.114. The number of hydrogen-bond donors (Lipinski definition) is 1. The first-order valence-electron chi connectivity index (χ1n) is 7.13. The van der Waals surface area contributed by atoms with Gasteiger partial charge in [-0.15, -0.1) is 0 Å². The van der Waals surface area contributed by atoms with Gasteiger partial charge in [0.15, 0.2) is 0 Å². The molecule has 0 amide bonds. The zero-order valence-corrected chi connectivity index (χ0v) is 13.3. The lowest BCUT2D eigenvalue weighted by atomic mass is 9.82. The fourth-order valence-electron chi connectivity index (χ4n) is 2.88. The molecule has 0 saturated carbocycles. The predicted octanol–water partition coefficient (Wildman–Crippen LogP) is 4.47. The molecule has 0 aliphatic heterocycles. The van der Waals surface area contributed by atoms with Crippen LogP contribution in [0.1, 0.15) is 57.7 Å². The molecule has 0 fully saturated rings.